The zero-order chi connectivity index (χ0) is 13.8. The van der Waals surface area contributed by atoms with E-state index >= 15 is 0 Å². The van der Waals surface area contributed by atoms with E-state index in [1.807, 2.05) is 49.1 Å². The first-order chi connectivity index (χ1) is 9.11. The number of aliphatic hydroxyl groups excluding tert-OH is 1. The fourth-order valence-electron chi connectivity index (χ4n) is 1.93. The van der Waals surface area contributed by atoms with Crippen LogP contribution in [0.4, 0.5) is 0 Å². The van der Waals surface area contributed by atoms with Gasteiger partial charge in [0.05, 0.1) is 18.8 Å². The summed E-state index contributed by atoms with van der Waals surface area (Å²) in [7, 11) is 1.92. The van der Waals surface area contributed by atoms with E-state index in [4.69, 9.17) is 11.6 Å². The third-order valence-electron chi connectivity index (χ3n) is 3.33. The Balaban J connectivity index is 2.03. The van der Waals surface area contributed by atoms with Gasteiger partial charge in [-0.3, -0.25) is 4.68 Å². The van der Waals surface area contributed by atoms with Crippen molar-refractivity contribution in [1.29, 1.82) is 0 Å². The first-order valence-electron chi connectivity index (χ1n) is 6.19. The minimum Gasteiger partial charge on any atom is -0.394 e. The van der Waals surface area contributed by atoms with Crippen molar-refractivity contribution < 1.29 is 5.11 Å². The molecule has 0 amide bonds. The summed E-state index contributed by atoms with van der Waals surface area (Å²) in [6.45, 7) is 2.74. The van der Waals surface area contributed by atoms with Crippen LogP contribution in [0.3, 0.4) is 0 Å². The fourth-order valence-corrected chi connectivity index (χ4v) is 2.06. The van der Waals surface area contributed by atoms with Crippen LogP contribution in [0.25, 0.3) is 0 Å². The minimum absolute atomic E-state index is 0.0426. The number of nitrogens with zero attached hydrogens (tertiary/aromatic N) is 2. The van der Waals surface area contributed by atoms with Gasteiger partial charge in [0.1, 0.15) is 0 Å². The standard InChI is InChI=1S/C14H18ClN3O/c1-10-12(8-17-18(10)2)7-16-14(9-19)11-3-5-13(15)6-4-11/h3-6,8,14,16,19H,7,9H2,1-2H3. The zero-order valence-corrected chi connectivity index (χ0v) is 11.9. The van der Waals surface area contributed by atoms with Crippen LogP contribution >= 0.6 is 11.6 Å². The van der Waals surface area contributed by atoms with Gasteiger partial charge < -0.3 is 10.4 Å². The Morgan fingerprint density at radius 1 is 1.37 bits per heavy atom. The highest BCUT2D eigenvalue weighted by atomic mass is 35.5. The first kappa shape index (κ1) is 14.1. The number of halogens is 1. The van der Waals surface area contributed by atoms with E-state index in [9.17, 15) is 5.11 Å². The van der Waals surface area contributed by atoms with E-state index in [0.29, 0.717) is 11.6 Å². The molecule has 19 heavy (non-hydrogen) atoms. The number of aryl methyl sites for hydroxylation is 1. The van der Waals surface area contributed by atoms with Gasteiger partial charge in [0.2, 0.25) is 0 Å². The van der Waals surface area contributed by atoms with Crippen molar-refractivity contribution in [1.82, 2.24) is 15.1 Å². The summed E-state index contributed by atoms with van der Waals surface area (Å²) in [4.78, 5) is 0. The SMILES string of the molecule is Cc1c(CNC(CO)c2ccc(Cl)cc2)cnn1C. The van der Waals surface area contributed by atoms with Gasteiger partial charge in [-0.2, -0.15) is 5.10 Å². The van der Waals surface area contributed by atoms with Gasteiger partial charge in [0.15, 0.2) is 0 Å². The number of benzene rings is 1. The Morgan fingerprint density at radius 3 is 2.58 bits per heavy atom. The second-order valence-electron chi connectivity index (χ2n) is 4.55. The number of nitrogens with one attached hydrogen (secondary N) is 1. The van der Waals surface area contributed by atoms with E-state index in [-0.39, 0.29) is 12.6 Å². The van der Waals surface area contributed by atoms with Gasteiger partial charge in [-0.15, -0.1) is 0 Å². The summed E-state index contributed by atoms with van der Waals surface area (Å²) >= 11 is 5.86. The molecule has 4 nitrogen and oxygen atoms in total. The minimum atomic E-state index is -0.100. The highest BCUT2D eigenvalue weighted by molar-refractivity contribution is 6.30. The van der Waals surface area contributed by atoms with Crippen molar-refractivity contribution in [3.63, 3.8) is 0 Å². The van der Waals surface area contributed by atoms with Gasteiger partial charge in [0, 0.05) is 29.9 Å². The molecule has 0 aliphatic rings. The number of rotatable bonds is 5. The van der Waals surface area contributed by atoms with E-state index in [2.05, 4.69) is 10.4 Å². The number of aromatic nitrogens is 2. The topological polar surface area (TPSA) is 50.1 Å². The molecule has 0 aliphatic carbocycles. The van der Waals surface area contributed by atoms with Crippen molar-refractivity contribution in [2.24, 2.45) is 7.05 Å². The molecule has 0 fully saturated rings. The first-order valence-corrected chi connectivity index (χ1v) is 6.56. The van der Waals surface area contributed by atoms with Crippen LogP contribution in [0.15, 0.2) is 30.5 Å². The summed E-state index contributed by atoms with van der Waals surface area (Å²) in [5, 5.41) is 17.7. The van der Waals surface area contributed by atoms with Crippen molar-refractivity contribution >= 4 is 11.6 Å². The Kier molecular flexibility index (Phi) is 4.58. The molecule has 0 saturated heterocycles. The smallest absolute Gasteiger partial charge is 0.0626 e. The average Bonchev–Trinajstić information content (AvgIpc) is 2.73. The lowest BCUT2D eigenvalue weighted by Crippen LogP contribution is -2.24. The van der Waals surface area contributed by atoms with Gasteiger partial charge in [-0.25, -0.2) is 0 Å². The number of hydrogen-bond acceptors (Lipinski definition) is 3. The molecular formula is C14H18ClN3O. The Hall–Kier alpha value is -1.36. The Morgan fingerprint density at radius 2 is 2.05 bits per heavy atom. The molecule has 1 aromatic carbocycles. The van der Waals surface area contributed by atoms with Gasteiger partial charge in [-0.05, 0) is 24.6 Å². The number of aliphatic hydroxyl groups is 1. The van der Waals surface area contributed by atoms with E-state index in [0.717, 1.165) is 16.8 Å². The van der Waals surface area contributed by atoms with E-state index in [1.165, 1.54) is 0 Å². The zero-order valence-electron chi connectivity index (χ0n) is 11.1. The molecule has 0 bridgehead atoms. The molecule has 1 atom stereocenters. The maximum absolute atomic E-state index is 9.48. The largest absolute Gasteiger partial charge is 0.394 e. The molecular weight excluding hydrogens is 262 g/mol. The molecule has 0 spiro atoms. The predicted octanol–water partition coefficient (Wildman–Crippen LogP) is 2.21. The molecule has 2 rings (SSSR count). The third kappa shape index (κ3) is 3.35. The predicted molar refractivity (Wildman–Crippen MR) is 76.1 cm³/mol. The van der Waals surface area contributed by atoms with Gasteiger partial charge >= 0.3 is 0 Å². The lowest BCUT2D eigenvalue weighted by Gasteiger charge is -2.16. The van der Waals surface area contributed by atoms with Crippen molar-refractivity contribution in [3.8, 4) is 0 Å². The summed E-state index contributed by atoms with van der Waals surface area (Å²) < 4.78 is 1.84. The lowest BCUT2D eigenvalue weighted by molar-refractivity contribution is 0.243. The molecule has 1 aromatic heterocycles. The highest BCUT2D eigenvalue weighted by Gasteiger charge is 2.11. The summed E-state index contributed by atoms with van der Waals surface area (Å²) in [5.41, 5.74) is 3.28. The summed E-state index contributed by atoms with van der Waals surface area (Å²) in [6, 6.07) is 7.41. The number of hydrogen-bond donors (Lipinski definition) is 2. The van der Waals surface area contributed by atoms with Crippen molar-refractivity contribution in [2.75, 3.05) is 6.61 Å². The normalized spacial score (nSPS) is 12.6. The molecule has 1 heterocycles. The van der Waals surface area contributed by atoms with Crippen LogP contribution in [-0.4, -0.2) is 21.5 Å². The maximum atomic E-state index is 9.48. The molecule has 0 radical (unpaired) electrons. The molecule has 102 valence electrons. The maximum Gasteiger partial charge on any atom is 0.0626 e. The van der Waals surface area contributed by atoms with Crippen molar-refractivity contribution in [3.05, 3.63) is 52.3 Å². The van der Waals surface area contributed by atoms with Crippen LogP contribution in [-0.2, 0) is 13.6 Å². The van der Waals surface area contributed by atoms with Crippen LogP contribution < -0.4 is 5.32 Å². The summed E-state index contributed by atoms with van der Waals surface area (Å²) in [5.74, 6) is 0. The average molecular weight is 280 g/mol. The Bertz CT molecular complexity index is 536. The van der Waals surface area contributed by atoms with Gasteiger partial charge in [0.25, 0.3) is 0 Å². The molecule has 5 heteroatoms. The van der Waals surface area contributed by atoms with Crippen LogP contribution in [0.1, 0.15) is 22.9 Å². The monoisotopic (exact) mass is 279 g/mol. The van der Waals surface area contributed by atoms with Crippen LogP contribution in [0.5, 0.6) is 0 Å². The fraction of sp³-hybridized carbons (Fsp3) is 0.357. The van der Waals surface area contributed by atoms with Crippen molar-refractivity contribution in [2.45, 2.75) is 19.5 Å². The molecule has 1 unspecified atom stereocenters. The second-order valence-corrected chi connectivity index (χ2v) is 4.98. The molecule has 2 aromatic rings. The van der Waals surface area contributed by atoms with Crippen LogP contribution in [0.2, 0.25) is 5.02 Å². The van der Waals surface area contributed by atoms with Crippen LogP contribution in [0, 0.1) is 6.92 Å². The lowest BCUT2D eigenvalue weighted by atomic mass is 10.1. The second kappa shape index (κ2) is 6.19. The molecule has 0 aliphatic heterocycles. The van der Waals surface area contributed by atoms with E-state index < -0.39 is 0 Å². The quantitative estimate of drug-likeness (QED) is 0.882. The van der Waals surface area contributed by atoms with E-state index in [1.54, 1.807) is 0 Å². The van der Waals surface area contributed by atoms with Gasteiger partial charge in [-0.1, -0.05) is 23.7 Å². The molecule has 2 N–H and O–H groups in total. The molecule has 0 saturated carbocycles. The third-order valence-corrected chi connectivity index (χ3v) is 3.58. The summed E-state index contributed by atoms with van der Waals surface area (Å²) in [6.07, 6.45) is 1.85. The highest BCUT2D eigenvalue weighted by Crippen LogP contribution is 2.17. The Labute approximate surface area is 118 Å².